The molecule has 2 rings (SSSR count). The zero-order chi connectivity index (χ0) is 14.5. The number of benzene rings is 1. The lowest BCUT2D eigenvalue weighted by Gasteiger charge is -2.18. The van der Waals surface area contributed by atoms with Crippen LogP contribution >= 0.6 is 0 Å². The summed E-state index contributed by atoms with van der Waals surface area (Å²) in [5, 5.41) is 2.97. The predicted molar refractivity (Wildman–Crippen MR) is 75.1 cm³/mol. The molecule has 2 atom stereocenters. The zero-order valence-electron chi connectivity index (χ0n) is 12.1. The molecular weight excluding hydrogens is 258 g/mol. The second-order valence-electron chi connectivity index (χ2n) is 4.85. The van der Waals surface area contributed by atoms with Crippen molar-refractivity contribution in [3.8, 4) is 11.5 Å². The van der Waals surface area contributed by atoms with Gasteiger partial charge in [0.1, 0.15) is 6.10 Å². The van der Waals surface area contributed by atoms with Crippen LogP contribution in [0, 0.1) is 0 Å². The van der Waals surface area contributed by atoms with Gasteiger partial charge in [-0.05, 0) is 37.5 Å². The molecule has 0 saturated carbocycles. The molecule has 0 aromatic heterocycles. The van der Waals surface area contributed by atoms with E-state index in [1.807, 2.05) is 25.1 Å². The number of carbonyl (C=O) groups is 1. The minimum absolute atomic E-state index is 0.0511. The van der Waals surface area contributed by atoms with Crippen LogP contribution in [0.25, 0.3) is 0 Å². The number of hydrogen-bond acceptors (Lipinski definition) is 4. The van der Waals surface area contributed by atoms with Gasteiger partial charge < -0.3 is 19.5 Å². The largest absolute Gasteiger partial charge is 0.493 e. The van der Waals surface area contributed by atoms with Crippen molar-refractivity contribution in [3.05, 3.63) is 23.8 Å². The summed E-state index contributed by atoms with van der Waals surface area (Å²) in [6.45, 7) is 2.61. The number of methoxy groups -OCH3 is 2. The zero-order valence-corrected chi connectivity index (χ0v) is 12.1. The van der Waals surface area contributed by atoms with Crippen molar-refractivity contribution in [1.29, 1.82) is 0 Å². The summed E-state index contributed by atoms with van der Waals surface area (Å²) in [5.41, 5.74) is 0.967. The van der Waals surface area contributed by atoms with Crippen molar-refractivity contribution < 1.29 is 19.0 Å². The summed E-state index contributed by atoms with van der Waals surface area (Å²) in [5.74, 6) is 1.28. The fraction of sp³-hybridized carbons (Fsp3) is 0.533. The Kier molecular flexibility index (Phi) is 4.84. The van der Waals surface area contributed by atoms with Crippen molar-refractivity contribution in [1.82, 2.24) is 5.32 Å². The highest BCUT2D eigenvalue weighted by Gasteiger charge is 2.25. The molecule has 1 N–H and O–H groups in total. The predicted octanol–water partition coefficient (Wildman–Crippen LogP) is 2.06. The van der Waals surface area contributed by atoms with E-state index in [2.05, 4.69) is 5.32 Å². The summed E-state index contributed by atoms with van der Waals surface area (Å²) in [6, 6.07) is 5.52. The first-order valence-corrected chi connectivity index (χ1v) is 6.79. The maximum atomic E-state index is 12.0. The van der Waals surface area contributed by atoms with Gasteiger partial charge in [0.25, 0.3) is 0 Å². The molecule has 0 radical (unpaired) electrons. The van der Waals surface area contributed by atoms with E-state index in [0.29, 0.717) is 18.1 Å². The Labute approximate surface area is 119 Å². The Morgan fingerprint density at radius 3 is 2.70 bits per heavy atom. The highest BCUT2D eigenvalue weighted by molar-refractivity contribution is 5.81. The number of rotatable bonds is 5. The molecule has 0 unspecified atom stereocenters. The van der Waals surface area contributed by atoms with Crippen LogP contribution in [-0.2, 0) is 9.53 Å². The van der Waals surface area contributed by atoms with E-state index in [4.69, 9.17) is 14.2 Å². The molecule has 0 spiro atoms. The van der Waals surface area contributed by atoms with Gasteiger partial charge in [-0.25, -0.2) is 0 Å². The standard InChI is InChI=1S/C15H21NO4/c1-10(16-15(17)13-5-4-8-20-13)11-6-7-12(18-2)14(9-11)19-3/h6-7,9-10,13H,4-5,8H2,1-3H3,(H,16,17)/t10-,13+/m1/s1. The van der Waals surface area contributed by atoms with E-state index in [1.54, 1.807) is 14.2 Å². The SMILES string of the molecule is COc1ccc([C@@H](C)NC(=O)[C@@H]2CCCO2)cc1OC. The van der Waals surface area contributed by atoms with Crippen LogP contribution in [0.1, 0.15) is 31.4 Å². The Bertz CT molecular complexity index is 469. The first-order chi connectivity index (χ1) is 9.65. The Morgan fingerprint density at radius 2 is 2.10 bits per heavy atom. The van der Waals surface area contributed by atoms with Crippen molar-refractivity contribution in [2.24, 2.45) is 0 Å². The molecule has 0 aliphatic carbocycles. The molecular formula is C15H21NO4. The summed E-state index contributed by atoms with van der Waals surface area (Å²) in [6.07, 6.45) is 1.44. The van der Waals surface area contributed by atoms with Crippen molar-refractivity contribution >= 4 is 5.91 Å². The molecule has 1 aliphatic rings. The lowest BCUT2D eigenvalue weighted by Crippen LogP contribution is -2.35. The van der Waals surface area contributed by atoms with Gasteiger partial charge in [-0.2, -0.15) is 0 Å². The maximum Gasteiger partial charge on any atom is 0.249 e. The van der Waals surface area contributed by atoms with Gasteiger partial charge in [-0.15, -0.1) is 0 Å². The molecule has 1 amide bonds. The van der Waals surface area contributed by atoms with E-state index in [9.17, 15) is 4.79 Å². The second-order valence-corrected chi connectivity index (χ2v) is 4.85. The molecule has 110 valence electrons. The fourth-order valence-corrected chi connectivity index (χ4v) is 2.30. The molecule has 5 heteroatoms. The average Bonchev–Trinajstić information content (AvgIpc) is 3.00. The summed E-state index contributed by atoms with van der Waals surface area (Å²) in [7, 11) is 3.19. The number of hydrogen-bond donors (Lipinski definition) is 1. The van der Waals surface area contributed by atoms with E-state index >= 15 is 0 Å². The summed E-state index contributed by atoms with van der Waals surface area (Å²) < 4.78 is 15.8. The molecule has 1 fully saturated rings. The molecule has 1 aromatic carbocycles. The van der Waals surface area contributed by atoms with Crippen LogP contribution in [-0.4, -0.2) is 32.8 Å². The van der Waals surface area contributed by atoms with E-state index < -0.39 is 0 Å². The number of carbonyl (C=O) groups excluding carboxylic acids is 1. The molecule has 1 saturated heterocycles. The molecule has 1 heterocycles. The lowest BCUT2D eigenvalue weighted by atomic mass is 10.1. The molecule has 5 nitrogen and oxygen atoms in total. The van der Waals surface area contributed by atoms with Gasteiger partial charge >= 0.3 is 0 Å². The third-order valence-electron chi connectivity index (χ3n) is 3.49. The van der Waals surface area contributed by atoms with Gasteiger partial charge in [-0.1, -0.05) is 6.07 Å². The van der Waals surface area contributed by atoms with Gasteiger partial charge in [0, 0.05) is 6.61 Å². The van der Waals surface area contributed by atoms with Crippen molar-refractivity contribution in [2.45, 2.75) is 31.9 Å². The highest BCUT2D eigenvalue weighted by atomic mass is 16.5. The Hall–Kier alpha value is -1.75. The van der Waals surface area contributed by atoms with Gasteiger partial charge in [0.2, 0.25) is 5.91 Å². The molecule has 1 aliphatic heterocycles. The van der Waals surface area contributed by atoms with Crippen LogP contribution in [0.5, 0.6) is 11.5 Å². The van der Waals surface area contributed by atoms with E-state index in [0.717, 1.165) is 18.4 Å². The van der Waals surface area contributed by atoms with Crippen LogP contribution in [0.2, 0.25) is 0 Å². The number of nitrogens with one attached hydrogen (secondary N) is 1. The first kappa shape index (κ1) is 14.7. The smallest absolute Gasteiger partial charge is 0.249 e. The Balaban J connectivity index is 2.04. The molecule has 20 heavy (non-hydrogen) atoms. The van der Waals surface area contributed by atoms with Crippen molar-refractivity contribution in [3.63, 3.8) is 0 Å². The van der Waals surface area contributed by atoms with Crippen LogP contribution < -0.4 is 14.8 Å². The summed E-state index contributed by atoms with van der Waals surface area (Å²) in [4.78, 5) is 12.0. The minimum atomic E-state index is -0.308. The monoisotopic (exact) mass is 279 g/mol. The van der Waals surface area contributed by atoms with Gasteiger partial charge in [-0.3, -0.25) is 4.79 Å². The van der Waals surface area contributed by atoms with Crippen LogP contribution in [0.4, 0.5) is 0 Å². The van der Waals surface area contributed by atoms with Crippen molar-refractivity contribution in [2.75, 3.05) is 20.8 Å². The summed E-state index contributed by atoms with van der Waals surface area (Å²) >= 11 is 0. The third kappa shape index (κ3) is 3.22. The van der Waals surface area contributed by atoms with Crippen LogP contribution in [0.15, 0.2) is 18.2 Å². The fourth-order valence-electron chi connectivity index (χ4n) is 2.30. The first-order valence-electron chi connectivity index (χ1n) is 6.79. The topological polar surface area (TPSA) is 56.8 Å². The molecule has 1 aromatic rings. The normalized spacial score (nSPS) is 19.4. The number of amides is 1. The third-order valence-corrected chi connectivity index (χ3v) is 3.49. The minimum Gasteiger partial charge on any atom is -0.493 e. The van der Waals surface area contributed by atoms with Gasteiger partial charge in [0.15, 0.2) is 11.5 Å². The quantitative estimate of drug-likeness (QED) is 0.896. The highest BCUT2D eigenvalue weighted by Crippen LogP contribution is 2.30. The second kappa shape index (κ2) is 6.61. The average molecular weight is 279 g/mol. The molecule has 0 bridgehead atoms. The lowest BCUT2D eigenvalue weighted by molar-refractivity contribution is -0.130. The number of ether oxygens (including phenoxy) is 3. The van der Waals surface area contributed by atoms with Gasteiger partial charge in [0.05, 0.1) is 20.3 Å². The van der Waals surface area contributed by atoms with E-state index in [-0.39, 0.29) is 18.1 Å². The maximum absolute atomic E-state index is 12.0. The van der Waals surface area contributed by atoms with Crippen LogP contribution in [0.3, 0.4) is 0 Å². The Morgan fingerprint density at radius 1 is 1.35 bits per heavy atom. The van der Waals surface area contributed by atoms with E-state index in [1.165, 1.54) is 0 Å².